The highest BCUT2D eigenvalue weighted by molar-refractivity contribution is 6.01. The molecule has 0 fully saturated rings. The molecule has 1 amide bonds. The number of hydrogen-bond acceptors (Lipinski definition) is 5. The second kappa shape index (κ2) is 8.59. The number of anilines is 1. The molecule has 2 aromatic rings. The van der Waals surface area contributed by atoms with Crippen molar-refractivity contribution in [3.63, 3.8) is 0 Å². The standard InChI is InChI=1S/C29H32N4O2/c1-5-29(22-18-30-32-27(22)31-23-16-28(2,3)17-24(34)26(23)29)20-12-9-13-21(15-20)33(4)25(35)14-19-10-7-6-8-11-19/h6-13,15,18,27,31H,5,14,16-17H2,1-4H3. The molecule has 0 bridgehead atoms. The van der Waals surface area contributed by atoms with Gasteiger partial charge < -0.3 is 10.2 Å². The Kier molecular flexibility index (Phi) is 5.70. The molecule has 0 aromatic heterocycles. The van der Waals surface area contributed by atoms with Crippen LogP contribution in [0.4, 0.5) is 5.69 Å². The number of amides is 1. The predicted octanol–water partition coefficient (Wildman–Crippen LogP) is 5.46. The first-order valence-electron chi connectivity index (χ1n) is 12.3. The molecule has 6 nitrogen and oxygen atoms in total. The molecule has 0 spiro atoms. The van der Waals surface area contributed by atoms with E-state index in [1.807, 2.05) is 55.7 Å². The molecule has 0 saturated carbocycles. The third-order valence-corrected chi connectivity index (χ3v) is 7.61. The summed E-state index contributed by atoms with van der Waals surface area (Å²) < 4.78 is 0. The summed E-state index contributed by atoms with van der Waals surface area (Å²) in [7, 11) is 1.81. The first-order valence-corrected chi connectivity index (χ1v) is 12.3. The van der Waals surface area contributed by atoms with Crippen LogP contribution in [-0.2, 0) is 21.4 Å². The molecule has 35 heavy (non-hydrogen) atoms. The molecule has 2 heterocycles. The zero-order chi connectivity index (χ0) is 24.8. The highest BCUT2D eigenvalue weighted by Gasteiger charge is 2.53. The lowest BCUT2D eigenvalue weighted by molar-refractivity contribution is -0.119. The third kappa shape index (κ3) is 3.91. The highest BCUT2D eigenvalue weighted by atomic mass is 16.2. The second-order valence-corrected chi connectivity index (χ2v) is 10.6. The summed E-state index contributed by atoms with van der Waals surface area (Å²) in [5.74, 6) is 0.193. The van der Waals surface area contributed by atoms with Gasteiger partial charge in [0.2, 0.25) is 5.91 Å². The van der Waals surface area contributed by atoms with E-state index in [9.17, 15) is 9.59 Å². The Labute approximate surface area is 206 Å². The van der Waals surface area contributed by atoms with Gasteiger partial charge in [0.15, 0.2) is 11.9 Å². The number of hydrogen-bond donors (Lipinski definition) is 1. The van der Waals surface area contributed by atoms with Gasteiger partial charge in [0.25, 0.3) is 0 Å². The van der Waals surface area contributed by atoms with E-state index in [1.165, 1.54) is 0 Å². The summed E-state index contributed by atoms with van der Waals surface area (Å²) >= 11 is 0. The van der Waals surface area contributed by atoms with Crippen LogP contribution >= 0.6 is 0 Å². The first-order chi connectivity index (χ1) is 16.7. The van der Waals surface area contributed by atoms with Crippen LogP contribution < -0.4 is 10.2 Å². The normalized spacial score (nSPS) is 24.4. The zero-order valence-electron chi connectivity index (χ0n) is 20.8. The molecule has 0 saturated heterocycles. The number of likely N-dealkylation sites (N-methyl/N-ethyl adjacent to an activating group) is 1. The maximum Gasteiger partial charge on any atom is 0.231 e. The quantitative estimate of drug-likeness (QED) is 0.633. The third-order valence-electron chi connectivity index (χ3n) is 7.61. The van der Waals surface area contributed by atoms with Gasteiger partial charge >= 0.3 is 0 Å². The minimum absolute atomic E-state index is 0.0163. The number of rotatable bonds is 5. The first kappa shape index (κ1) is 23.2. The molecule has 2 aromatic carbocycles. The van der Waals surface area contributed by atoms with Crippen molar-refractivity contribution in [2.75, 3.05) is 11.9 Å². The molecule has 6 heteroatoms. The van der Waals surface area contributed by atoms with Crippen molar-refractivity contribution in [1.82, 2.24) is 5.32 Å². The number of ketones is 1. The Balaban J connectivity index is 1.58. The number of nitrogens with one attached hydrogen (secondary N) is 1. The van der Waals surface area contributed by atoms with Crippen molar-refractivity contribution in [2.24, 2.45) is 15.6 Å². The highest BCUT2D eigenvalue weighted by Crippen LogP contribution is 2.53. The summed E-state index contributed by atoms with van der Waals surface area (Å²) in [6.45, 7) is 6.40. The molecular formula is C29H32N4O2. The van der Waals surface area contributed by atoms with Gasteiger partial charge in [0, 0.05) is 36.0 Å². The van der Waals surface area contributed by atoms with Gasteiger partial charge in [-0.2, -0.15) is 10.2 Å². The van der Waals surface area contributed by atoms with Crippen molar-refractivity contribution in [3.8, 4) is 0 Å². The maximum atomic E-state index is 13.7. The van der Waals surface area contributed by atoms with Gasteiger partial charge in [-0.3, -0.25) is 9.59 Å². The molecule has 180 valence electrons. The molecule has 0 radical (unpaired) electrons. The fourth-order valence-corrected chi connectivity index (χ4v) is 5.90. The van der Waals surface area contributed by atoms with Crippen molar-refractivity contribution < 1.29 is 9.59 Å². The number of azo groups is 1. The van der Waals surface area contributed by atoms with Crippen LogP contribution in [-0.4, -0.2) is 24.9 Å². The van der Waals surface area contributed by atoms with Crippen molar-refractivity contribution >= 4 is 17.4 Å². The summed E-state index contributed by atoms with van der Waals surface area (Å²) in [6, 6.07) is 17.8. The van der Waals surface area contributed by atoms with Gasteiger partial charge in [-0.15, -0.1) is 0 Å². The lowest BCUT2D eigenvalue weighted by Crippen LogP contribution is -2.51. The Morgan fingerprint density at radius 2 is 1.89 bits per heavy atom. The average Bonchev–Trinajstić information content (AvgIpc) is 3.31. The fraction of sp³-hybridized carbons (Fsp3) is 0.379. The largest absolute Gasteiger partial charge is 0.362 e. The Morgan fingerprint density at radius 1 is 1.11 bits per heavy atom. The molecule has 3 aliphatic rings. The summed E-state index contributed by atoms with van der Waals surface area (Å²) in [5.41, 5.74) is 4.89. The Hall–Kier alpha value is -3.54. The van der Waals surface area contributed by atoms with Crippen LogP contribution in [0.5, 0.6) is 0 Å². The van der Waals surface area contributed by atoms with Crippen LogP contribution in [0.2, 0.25) is 0 Å². The maximum absolute atomic E-state index is 13.7. The number of allylic oxidation sites excluding steroid dienone is 2. The van der Waals surface area contributed by atoms with E-state index in [1.54, 1.807) is 4.90 Å². The topological polar surface area (TPSA) is 74.1 Å². The number of nitrogens with zero attached hydrogens (tertiary/aromatic N) is 3. The molecule has 5 rings (SSSR count). The van der Waals surface area contributed by atoms with Crippen LogP contribution in [0.25, 0.3) is 0 Å². The Morgan fingerprint density at radius 3 is 2.63 bits per heavy atom. The molecule has 2 atom stereocenters. The van der Waals surface area contributed by atoms with E-state index in [0.29, 0.717) is 19.3 Å². The van der Waals surface area contributed by atoms with Crippen LogP contribution in [0, 0.1) is 5.41 Å². The lowest BCUT2D eigenvalue weighted by Gasteiger charge is -2.48. The summed E-state index contributed by atoms with van der Waals surface area (Å²) in [6.07, 6.45) is 3.89. The number of Topliss-reactive ketones (excluding diaryl/α,β-unsaturated/α-hetero) is 1. The van der Waals surface area contributed by atoms with Crippen LogP contribution in [0.15, 0.2) is 87.9 Å². The summed E-state index contributed by atoms with van der Waals surface area (Å²) in [4.78, 5) is 28.5. The van der Waals surface area contributed by atoms with E-state index in [-0.39, 0.29) is 23.3 Å². The minimum atomic E-state index is -0.623. The number of carbonyl (C=O) groups is 2. The lowest BCUT2D eigenvalue weighted by atomic mass is 9.59. The van der Waals surface area contributed by atoms with Gasteiger partial charge in [0.05, 0.1) is 18.0 Å². The number of carbonyl (C=O) groups excluding carboxylic acids is 2. The van der Waals surface area contributed by atoms with Gasteiger partial charge in [-0.25, -0.2) is 0 Å². The fourth-order valence-electron chi connectivity index (χ4n) is 5.90. The zero-order valence-corrected chi connectivity index (χ0v) is 20.8. The predicted molar refractivity (Wildman–Crippen MR) is 137 cm³/mol. The molecule has 2 aliphatic heterocycles. The smallest absolute Gasteiger partial charge is 0.231 e. The number of benzene rings is 2. The Bertz CT molecular complexity index is 1270. The van der Waals surface area contributed by atoms with Gasteiger partial charge in [-0.05, 0) is 41.5 Å². The molecular weight excluding hydrogens is 436 g/mol. The van der Waals surface area contributed by atoms with Gasteiger partial charge in [-0.1, -0.05) is 63.2 Å². The minimum Gasteiger partial charge on any atom is -0.362 e. The van der Waals surface area contributed by atoms with E-state index >= 15 is 0 Å². The summed E-state index contributed by atoms with van der Waals surface area (Å²) in [5, 5.41) is 12.2. The van der Waals surface area contributed by atoms with E-state index in [0.717, 1.165) is 40.1 Å². The molecule has 1 N–H and O–H groups in total. The molecule has 2 unspecified atom stereocenters. The SMILES string of the molecule is CCC1(c2cccc(N(C)C(=O)Cc3ccccc3)c2)C2=CN=NC2NC2=C1C(=O)CC(C)(C)C2. The van der Waals surface area contributed by atoms with E-state index in [4.69, 9.17) is 0 Å². The monoisotopic (exact) mass is 468 g/mol. The van der Waals surface area contributed by atoms with Crippen molar-refractivity contribution in [1.29, 1.82) is 0 Å². The average molecular weight is 469 g/mol. The van der Waals surface area contributed by atoms with Crippen molar-refractivity contribution in [3.05, 3.63) is 88.8 Å². The van der Waals surface area contributed by atoms with Crippen molar-refractivity contribution in [2.45, 2.75) is 58.0 Å². The van der Waals surface area contributed by atoms with Gasteiger partial charge in [0.1, 0.15) is 0 Å². The second-order valence-electron chi connectivity index (χ2n) is 10.6. The van der Waals surface area contributed by atoms with Crippen LogP contribution in [0.1, 0.15) is 51.2 Å². The molecule has 1 aliphatic carbocycles. The van der Waals surface area contributed by atoms with Crippen LogP contribution in [0.3, 0.4) is 0 Å². The number of fused-ring (bicyclic) bond motifs is 1. The van der Waals surface area contributed by atoms with E-state index in [2.05, 4.69) is 48.4 Å². The van der Waals surface area contributed by atoms with E-state index < -0.39 is 5.41 Å².